The van der Waals surface area contributed by atoms with Gasteiger partial charge in [0.2, 0.25) is 11.7 Å². The van der Waals surface area contributed by atoms with Crippen LogP contribution in [-0.4, -0.2) is 51.1 Å². The summed E-state index contributed by atoms with van der Waals surface area (Å²) in [5, 5.41) is 7.94. The second-order valence-electron chi connectivity index (χ2n) is 10.6. The topological polar surface area (TPSA) is 110 Å². The Hall–Kier alpha value is -2.78. The molecule has 9 heteroatoms. The smallest absolute Gasteiger partial charge is 0.251 e. The number of nitrogens with zero attached hydrogens (tertiary/aromatic N) is 4. The first-order valence-corrected chi connectivity index (χ1v) is 14.5. The lowest BCUT2D eigenvalue weighted by atomic mass is 9.83. The third kappa shape index (κ3) is 6.38. The van der Waals surface area contributed by atoms with Crippen molar-refractivity contribution in [3.63, 3.8) is 0 Å². The number of nitrogens with one attached hydrogen (secondary N) is 1. The van der Waals surface area contributed by atoms with Gasteiger partial charge in [0.05, 0.1) is 5.69 Å². The first kappa shape index (κ1) is 25.9. The Morgan fingerprint density at radius 3 is 2.78 bits per heavy atom. The van der Waals surface area contributed by atoms with E-state index in [0.29, 0.717) is 28.5 Å². The zero-order chi connectivity index (χ0) is 25.8. The summed E-state index contributed by atoms with van der Waals surface area (Å²) in [5.74, 6) is 1.72. The standard InChI is InChI=1S/C28H38N6O2S/c1-3-14-34(23-11-12-24-25(17-23)37-28(29)32-24)15-13-19-7-9-22(10-8-19)31-27(35)21-6-4-5-20(16-21)26-30-18(2)36-33-26/h4-6,16,19,22-23H,3,7-15,17H2,1-2H3,(H2,29,32)(H,31,35)/t19?,22?,23-/m1/s1. The maximum Gasteiger partial charge on any atom is 0.251 e. The van der Waals surface area contributed by atoms with Crippen LogP contribution in [0.2, 0.25) is 0 Å². The molecule has 5 rings (SSSR count). The number of rotatable bonds is 9. The first-order chi connectivity index (χ1) is 18.0. The van der Waals surface area contributed by atoms with Crippen molar-refractivity contribution in [3.05, 3.63) is 46.3 Å². The summed E-state index contributed by atoms with van der Waals surface area (Å²) < 4.78 is 5.08. The lowest BCUT2D eigenvalue weighted by Crippen LogP contribution is -2.41. The molecule has 1 amide bonds. The van der Waals surface area contributed by atoms with Crippen LogP contribution < -0.4 is 11.1 Å². The van der Waals surface area contributed by atoms with Crippen molar-refractivity contribution in [2.24, 2.45) is 5.92 Å². The van der Waals surface area contributed by atoms with Crippen molar-refractivity contribution >= 4 is 22.4 Å². The van der Waals surface area contributed by atoms with E-state index in [1.807, 2.05) is 24.3 Å². The molecule has 198 valence electrons. The van der Waals surface area contributed by atoms with Gasteiger partial charge in [-0.1, -0.05) is 24.2 Å². The van der Waals surface area contributed by atoms with Gasteiger partial charge in [-0.3, -0.25) is 4.79 Å². The molecule has 0 aliphatic heterocycles. The molecule has 2 aliphatic rings. The maximum atomic E-state index is 12.9. The minimum Gasteiger partial charge on any atom is -0.375 e. The number of nitrogens with two attached hydrogens (primary N) is 1. The normalized spacial score (nSPS) is 21.6. The van der Waals surface area contributed by atoms with E-state index in [4.69, 9.17) is 10.3 Å². The number of hydrogen-bond acceptors (Lipinski definition) is 8. The Morgan fingerprint density at radius 2 is 2.03 bits per heavy atom. The van der Waals surface area contributed by atoms with Crippen LogP contribution in [0.3, 0.4) is 0 Å². The van der Waals surface area contributed by atoms with Crippen molar-refractivity contribution in [2.75, 3.05) is 18.8 Å². The maximum absolute atomic E-state index is 12.9. The predicted octanol–water partition coefficient (Wildman–Crippen LogP) is 5.03. The molecule has 3 N–H and O–H groups in total. The van der Waals surface area contributed by atoms with Crippen LogP contribution in [0.15, 0.2) is 28.8 Å². The van der Waals surface area contributed by atoms with E-state index in [-0.39, 0.29) is 11.9 Å². The second-order valence-corrected chi connectivity index (χ2v) is 11.7. The second kappa shape index (κ2) is 11.7. The minimum atomic E-state index is -0.0278. The Bertz CT molecular complexity index is 1200. The third-order valence-corrected chi connectivity index (χ3v) is 8.82. The van der Waals surface area contributed by atoms with Crippen molar-refractivity contribution < 1.29 is 9.32 Å². The lowest BCUT2D eigenvalue weighted by molar-refractivity contribution is 0.0918. The third-order valence-electron chi connectivity index (χ3n) is 7.87. The molecule has 0 saturated heterocycles. The van der Waals surface area contributed by atoms with E-state index in [1.165, 1.54) is 42.7 Å². The first-order valence-electron chi connectivity index (χ1n) is 13.7. The molecule has 1 aromatic carbocycles. The van der Waals surface area contributed by atoms with Crippen molar-refractivity contribution in [1.82, 2.24) is 25.3 Å². The highest BCUT2D eigenvalue weighted by molar-refractivity contribution is 7.15. The number of amides is 1. The lowest BCUT2D eigenvalue weighted by Gasteiger charge is -2.36. The summed E-state index contributed by atoms with van der Waals surface area (Å²) in [7, 11) is 0. The fraction of sp³-hybridized carbons (Fsp3) is 0.571. The summed E-state index contributed by atoms with van der Waals surface area (Å²) in [6.07, 6.45) is 10.2. The molecule has 0 spiro atoms. The predicted molar refractivity (Wildman–Crippen MR) is 147 cm³/mol. The van der Waals surface area contributed by atoms with Gasteiger partial charge in [-0.15, -0.1) is 11.3 Å². The Balaban J connectivity index is 1.09. The van der Waals surface area contributed by atoms with E-state index in [0.717, 1.165) is 50.3 Å². The van der Waals surface area contributed by atoms with Gasteiger partial charge in [0.1, 0.15) is 0 Å². The fourth-order valence-electron chi connectivity index (χ4n) is 5.88. The molecule has 2 aromatic heterocycles. The van der Waals surface area contributed by atoms with Crippen LogP contribution in [-0.2, 0) is 12.8 Å². The Morgan fingerprint density at radius 1 is 1.19 bits per heavy atom. The molecule has 8 nitrogen and oxygen atoms in total. The molecule has 0 radical (unpaired) electrons. The number of benzene rings is 1. The van der Waals surface area contributed by atoms with E-state index in [1.54, 1.807) is 18.3 Å². The Labute approximate surface area is 223 Å². The average Bonchev–Trinajstić information content (AvgIpc) is 3.51. The highest BCUT2D eigenvalue weighted by Crippen LogP contribution is 2.32. The van der Waals surface area contributed by atoms with Crippen LogP contribution in [0.1, 0.15) is 78.7 Å². The number of carbonyl (C=O) groups is 1. The van der Waals surface area contributed by atoms with E-state index < -0.39 is 0 Å². The van der Waals surface area contributed by atoms with Gasteiger partial charge >= 0.3 is 0 Å². The summed E-state index contributed by atoms with van der Waals surface area (Å²) in [6.45, 7) is 6.35. The van der Waals surface area contributed by atoms with Crippen LogP contribution >= 0.6 is 11.3 Å². The summed E-state index contributed by atoms with van der Waals surface area (Å²) in [4.78, 5) is 25.8. The number of fused-ring (bicyclic) bond motifs is 1. The van der Waals surface area contributed by atoms with Gasteiger partial charge in [-0.05, 0) is 88.9 Å². The van der Waals surface area contributed by atoms with Crippen LogP contribution in [0.5, 0.6) is 0 Å². The average molecular weight is 523 g/mol. The number of hydrogen-bond donors (Lipinski definition) is 2. The fourth-order valence-corrected chi connectivity index (χ4v) is 6.83. The molecule has 37 heavy (non-hydrogen) atoms. The molecular weight excluding hydrogens is 484 g/mol. The van der Waals surface area contributed by atoms with Crippen LogP contribution in [0.25, 0.3) is 11.4 Å². The molecule has 2 aliphatic carbocycles. The number of carbonyl (C=O) groups excluding carboxylic acids is 1. The molecule has 2 heterocycles. The molecule has 1 saturated carbocycles. The molecule has 0 unspecified atom stereocenters. The Kier molecular flexibility index (Phi) is 8.20. The van der Waals surface area contributed by atoms with Gasteiger partial charge in [-0.25, -0.2) is 4.98 Å². The number of anilines is 1. The number of nitrogen functional groups attached to an aromatic ring is 1. The monoisotopic (exact) mass is 522 g/mol. The number of aromatic nitrogens is 3. The summed E-state index contributed by atoms with van der Waals surface area (Å²) >= 11 is 1.67. The van der Waals surface area contributed by atoms with Gasteiger partial charge in [0.15, 0.2) is 5.13 Å². The summed E-state index contributed by atoms with van der Waals surface area (Å²) in [5.41, 5.74) is 8.61. The zero-order valence-electron chi connectivity index (χ0n) is 21.9. The molecule has 0 bridgehead atoms. The van der Waals surface area contributed by atoms with Gasteiger partial charge < -0.3 is 20.5 Å². The largest absolute Gasteiger partial charge is 0.375 e. The van der Waals surface area contributed by atoms with E-state index in [9.17, 15) is 4.79 Å². The SMILES string of the molecule is CCCN(CCC1CCC(NC(=O)c2cccc(-c3noc(C)n3)c2)CC1)[C@@H]1CCc2nc(N)sc2C1. The van der Waals surface area contributed by atoms with E-state index in [2.05, 4.69) is 32.3 Å². The van der Waals surface area contributed by atoms with Gasteiger partial charge in [-0.2, -0.15) is 4.98 Å². The zero-order valence-corrected chi connectivity index (χ0v) is 22.7. The molecule has 3 aromatic rings. The van der Waals surface area contributed by atoms with Gasteiger partial charge in [0, 0.05) is 35.0 Å². The van der Waals surface area contributed by atoms with E-state index >= 15 is 0 Å². The molecule has 1 fully saturated rings. The van der Waals surface area contributed by atoms with Gasteiger partial charge in [0.25, 0.3) is 5.91 Å². The molecule has 1 atom stereocenters. The number of aryl methyl sites for hydroxylation is 2. The van der Waals surface area contributed by atoms with Crippen LogP contribution in [0.4, 0.5) is 5.13 Å². The van der Waals surface area contributed by atoms with Crippen molar-refractivity contribution in [1.29, 1.82) is 0 Å². The highest BCUT2D eigenvalue weighted by atomic mass is 32.1. The molecular formula is C28H38N6O2S. The quantitative estimate of drug-likeness (QED) is 0.405. The van der Waals surface area contributed by atoms with Crippen molar-refractivity contribution in [2.45, 2.75) is 83.7 Å². The van der Waals surface area contributed by atoms with Crippen molar-refractivity contribution in [3.8, 4) is 11.4 Å². The highest BCUT2D eigenvalue weighted by Gasteiger charge is 2.28. The van der Waals surface area contributed by atoms with Crippen LogP contribution in [0, 0.1) is 12.8 Å². The summed E-state index contributed by atoms with van der Waals surface area (Å²) in [6, 6.07) is 8.28. The minimum absolute atomic E-state index is 0.0278. The number of thiazole rings is 1.